The molecule has 1 saturated heterocycles. The highest BCUT2D eigenvalue weighted by atomic mass is 79.9. The second kappa shape index (κ2) is 6.77. The van der Waals surface area contributed by atoms with Crippen LogP contribution in [-0.2, 0) is 9.53 Å². The van der Waals surface area contributed by atoms with E-state index in [1.54, 1.807) is 11.8 Å². The number of rotatable bonds is 3. The third kappa shape index (κ3) is 4.51. The summed E-state index contributed by atoms with van der Waals surface area (Å²) in [6.45, 7) is 5.42. The second-order valence-corrected chi connectivity index (χ2v) is 6.76. The number of thioether (sulfide) groups is 1. The largest absolute Gasteiger partial charge is 0.372 e. The number of amides is 1. The Kier molecular flexibility index (Phi) is 5.30. The van der Waals surface area contributed by atoms with Gasteiger partial charge in [-0.15, -0.1) is 11.8 Å². The predicted octanol–water partition coefficient (Wildman–Crippen LogP) is 3.18. The van der Waals surface area contributed by atoms with Crippen LogP contribution < -0.4 is 0 Å². The van der Waals surface area contributed by atoms with Crippen molar-refractivity contribution in [3.8, 4) is 0 Å². The van der Waals surface area contributed by atoms with Crippen LogP contribution in [-0.4, -0.2) is 41.9 Å². The van der Waals surface area contributed by atoms with E-state index in [0.717, 1.165) is 9.37 Å². The van der Waals surface area contributed by atoms with Crippen molar-refractivity contribution >= 4 is 33.6 Å². The molecule has 0 bridgehead atoms. The first-order chi connectivity index (χ1) is 9.04. The molecule has 0 aliphatic carbocycles. The maximum atomic E-state index is 12.2. The number of morpholine rings is 1. The molecular weight excluding hydrogens is 326 g/mol. The van der Waals surface area contributed by atoms with Gasteiger partial charge >= 0.3 is 0 Å². The van der Waals surface area contributed by atoms with Gasteiger partial charge in [-0.2, -0.15) is 0 Å². The molecule has 1 heterocycles. The van der Waals surface area contributed by atoms with Gasteiger partial charge < -0.3 is 9.64 Å². The topological polar surface area (TPSA) is 29.5 Å². The first-order valence-electron chi connectivity index (χ1n) is 6.36. The monoisotopic (exact) mass is 343 g/mol. The van der Waals surface area contributed by atoms with Gasteiger partial charge in [0.2, 0.25) is 5.91 Å². The van der Waals surface area contributed by atoms with E-state index in [1.165, 1.54) is 0 Å². The summed E-state index contributed by atoms with van der Waals surface area (Å²) in [6.07, 6.45) is 0.260. The lowest BCUT2D eigenvalue weighted by Crippen LogP contribution is -2.48. The van der Waals surface area contributed by atoms with Crippen molar-refractivity contribution < 1.29 is 9.53 Å². The summed E-state index contributed by atoms with van der Waals surface area (Å²) in [6, 6.07) is 8.02. The van der Waals surface area contributed by atoms with Crippen molar-refractivity contribution in [3.05, 3.63) is 28.7 Å². The van der Waals surface area contributed by atoms with Crippen LogP contribution >= 0.6 is 27.7 Å². The van der Waals surface area contributed by atoms with Crippen LogP contribution in [0.4, 0.5) is 0 Å². The van der Waals surface area contributed by atoms with Crippen LogP contribution in [0.3, 0.4) is 0 Å². The highest BCUT2D eigenvalue weighted by Crippen LogP contribution is 2.21. The van der Waals surface area contributed by atoms with Gasteiger partial charge in [-0.3, -0.25) is 4.79 Å². The molecule has 2 atom stereocenters. The zero-order chi connectivity index (χ0) is 13.8. The maximum absolute atomic E-state index is 12.2. The Hall–Kier alpha value is -0.520. The Morgan fingerprint density at radius 1 is 1.32 bits per heavy atom. The molecule has 19 heavy (non-hydrogen) atoms. The molecule has 1 aliphatic rings. The summed E-state index contributed by atoms with van der Waals surface area (Å²) in [5, 5.41) is 0. The molecule has 0 unspecified atom stereocenters. The predicted molar refractivity (Wildman–Crippen MR) is 81.5 cm³/mol. The lowest BCUT2D eigenvalue weighted by molar-refractivity contribution is -0.140. The van der Waals surface area contributed by atoms with Crippen molar-refractivity contribution in [1.29, 1.82) is 0 Å². The van der Waals surface area contributed by atoms with Crippen molar-refractivity contribution in [2.45, 2.75) is 31.0 Å². The number of hydrogen-bond donors (Lipinski definition) is 0. The fraction of sp³-hybridized carbons (Fsp3) is 0.500. The molecule has 1 aliphatic heterocycles. The van der Waals surface area contributed by atoms with Crippen LogP contribution in [0, 0.1) is 0 Å². The lowest BCUT2D eigenvalue weighted by atomic mass is 10.2. The quantitative estimate of drug-likeness (QED) is 0.789. The Morgan fingerprint density at radius 2 is 1.89 bits per heavy atom. The maximum Gasteiger partial charge on any atom is 0.233 e. The van der Waals surface area contributed by atoms with Gasteiger partial charge in [-0.05, 0) is 38.1 Å². The summed E-state index contributed by atoms with van der Waals surface area (Å²) < 4.78 is 6.69. The molecule has 1 aromatic carbocycles. The van der Waals surface area contributed by atoms with Crippen LogP contribution in [0.25, 0.3) is 0 Å². The first kappa shape index (κ1) is 14.9. The number of carbonyl (C=O) groups is 1. The summed E-state index contributed by atoms with van der Waals surface area (Å²) in [4.78, 5) is 15.2. The summed E-state index contributed by atoms with van der Waals surface area (Å²) >= 11 is 4.98. The number of nitrogens with zero attached hydrogens (tertiary/aromatic N) is 1. The average Bonchev–Trinajstić information content (AvgIpc) is 2.36. The van der Waals surface area contributed by atoms with E-state index in [0.29, 0.717) is 18.8 Å². The van der Waals surface area contributed by atoms with E-state index in [2.05, 4.69) is 15.9 Å². The Balaban J connectivity index is 1.85. The number of hydrogen-bond acceptors (Lipinski definition) is 3. The van der Waals surface area contributed by atoms with Crippen LogP contribution in [0.2, 0.25) is 0 Å². The van der Waals surface area contributed by atoms with Crippen molar-refractivity contribution in [2.75, 3.05) is 18.8 Å². The van der Waals surface area contributed by atoms with Gasteiger partial charge in [0, 0.05) is 22.5 Å². The second-order valence-electron chi connectivity index (χ2n) is 4.80. The standard InChI is InChI=1S/C14H18BrNO2S/c1-10-7-16(8-11(2)18-10)14(17)9-19-13-5-3-12(15)4-6-13/h3-6,10-11H,7-9H2,1-2H3/t10-,11-/m1/s1. The van der Waals surface area contributed by atoms with E-state index in [9.17, 15) is 4.79 Å². The molecular formula is C14H18BrNO2S. The zero-order valence-electron chi connectivity index (χ0n) is 11.1. The third-order valence-electron chi connectivity index (χ3n) is 2.95. The lowest BCUT2D eigenvalue weighted by Gasteiger charge is -2.35. The number of benzene rings is 1. The molecule has 5 heteroatoms. The van der Waals surface area contributed by atoms with Gasteiger partial charge in [0.1, 0.15) is 0 Å². The van der Waals surface area contributed by atoms with Crippen molar-refractivity contribution in [3.63, 3.8) is 0 Å². The smallest absolute Gasteiger partial charge is 0.233 e. The highest BCUT2D eigenvalue weighted by molar-refractivity contribution is 9.10. The number of carbonyl (C=O) groups excluding carboxylic acids is 1. The molecule has 1 aromatic rings. The number of halogens is 1. The first-order valence-corrected chi connectivity index (χ1v) is 8.14. The van der Waals surface area contributed by atoms with E-state index in [-0.39, 0.29) is 18.1 Å². The fourth-order valence-electron chi connectivity index (χ4n) is 2.15. The van der Waals surface area contributed by atoms with E-state index in [1.807, 2.05) is 43.0 Å². The molecule has 0 N–H and O–H groups in total. The molecule has 3 nitrogen and oxygen atoms in total. The molecule has 0 radical (unpaired) electrons. The number of ether oxygens (including phenoxy) is 1. The van der Waals surface area contributed by atoms with Gasteiger partial charge in [-0.1, -0.05) is 15.9 Å². The molecule has 2 rings (SSSR count). The van der Waals surface area contributed by atoms with E-state index < -0.39 is 0 Å². The van der Waals surface area contributed by atoms with Gasteiger partial charge in [0.05, 0.1) is 18.0 Å². The molecule has 1 fully saturated rings. The van der Waals surface area contributed by atoms with E-state index in [4.69, 9.17) is 4.74 Å². The molecule has 0 spiro atoms. The highest BCUT2D eigenvalue weighted by Gasteiger charge is 2.25. The van der Waals surface area contributed by atoms with E-state index >= 15 is 0 Å². The average molecular weight is 344 g/mol. The fourth-order valence-corrected chi connectivity index (χ4v) is 3.21. The summed E-state index contributed by atoms with van der Waals surface area (Å²) in [5.74, 6) is 0.677. The van der Waals surface area contributed by atoms with Crippen molar-refractivity contribution in [1.82, 2.24) is 4.90 Å². The summed E-state index contributed by atoms with van der Waals surface area (Å²) in [7, 11) is 0. The minimum atomic E-state index is 0.130. The normalized spacial score (nSPS) is 23.4. The van der Waals surface area contributed by atoms with Crippen LogP contribution in [0.15, 0.2) is 33.6 Å². The third-order valence-corrected chi connectivity index (χ3v) is 4.47. The Bertz CT molecular complexity index is 428. The molecule has 0 aromatic heterocycles. The van der Waals surface area contributed by atoms with Gasteiger partial charge in [0.25, 0.3) is 0 Å². The van der Waals surface area contributed by atoms with Crippen molar-refractivity contribution in [2.24, 2.45) is 0 Å². The van der Waals surface area contributed by atoms with Crippen LogP contribution in [0.5, 0.6) is 0 Å². The molecule has 0 saturated carbocycles. The van der Waals surface area contributed by atoms with Gasteiger partial charge in [0.15, 0.2) is 0 Å². The zero-order valence-corrected chi connectivity index (χ0v) is 13.5. The summed E-state index contributed by atoms with van der Waals surface area (Å²) in [5.41, 5.74) is 0. The SMILES string of the molecule is C[C@@H]1CN(C(=O)CSc2ccc(Br)cc2)C[C@@H](C)O1. The Labute approximate surface area is 126 Å². The van der Waals surface area contributed by atoms with Crippen LogP contribution in [0.1, 0.15) is 13.8 Å². The minimum absolute atomic E-state index is 0.130. The van der Waals surface area contributed by atoms with Gasteiger partial charge in [-0.25, -0.2) is 0 Å². The molecule has 104 valence electrons. The minimum Gasteiger partial charge on any atom is -0.372 e. The molecule has 1 amide bonds. The Morgan fingerprint density at radius 3 is 2.47 bits per heavy atom.